The van der Waals surface area contributed by atoms with E-state index in [1.165, 1.54) is 0 Å². The van der Waals surface area contributed by atoms with Crippen LogP contribution in [0.15, 0.2) is 28.8 Å². The van der Waals surface area contributed by atoms with Gasteiger partial charge in [-0.25, -0.2) is 0 Å². The Bertz CT molecular complexity index is 585. The molecule has 2 heterocycles. The number of ether oxygens (including phenoxy) is 1. The zero-order valence-corrected chi connectivity index (χ0v) is 13.5. The SMILES string of the molecule is CC1CCC(CCc2nc(-c3ccc(CN)cc3)no2)O1.Cl. The summed E-state index contributed by atoms with van der Waals surface area (Å²) in [5, 5.41) is 4.04. The lowest BCUT2D eigenvalue weighted by Gasteiger charge is -2.08. The molecule has 0 bridgehead atoms. The van der Waals surface area contributed by atoms with Gasteiger partial charge in [-0.15, -0.1) is 12.4 Å². The molecule has 0 spiro atoms. The Morgan fingerprint density at radius 1 is 1.23 bits per heavy atom. The van der Waals surface area contributed by atoms with E-state index in [4.69, 9.17) is 15.0 Å². The van der Waals surface area contributed by atoms with Crippen molar-refractivity contribution in [3.63, 3.8) is 0 Å². The Morgan fingerprint density at radius 3 is 2.64 bits per heavy atom. The largest absolute Gasteiger partial charge is 0.375 e. The molecule has 22 heavy (non-hydrogen) atoms. The third-order valence-corrected chi connectivity index (χ3v) is 3.92. The van der Waals surface area contributed by atoms with Crippen LogP contribution in [-0.4, -0.2) is 22.3 Å². The molecule has 1 fully saturated rings. The summed E-state index contributed by atoms with van der Waals surface area (Å²) >= 11 is 0. The first-order valence-electron chi connectivity index (χ1n) is 7.52. The molecule has 6 heteroatoms. The summed E-state index contributed by atoms with van der Waals surface area (Å²) < 4.78 is 11.1. The Morgan fingerprint density at radius 2 is 2.00 bits per heavy atom. The number of halogens is 1. The molecule has 2 unspecified atom stereocenters. The number of aryl methyl sites for hydroxylation is 1. The fraction of sp³-hybridized carbons (Fsp3) is 0.500. The molecule has 1 aromatic heterocycles. The average molecular weight is 324 g/mol. The molecule has 1 aromatic carbocycles. The number of nitrogens with zero attached hydrogens (tertiary/aromatic N) is 2. The third kappa shape index (κ3) is 4.06. The summed E-state index contributed by atoms with van der Waals surface area (Å²) in [6.45, 7) is 2.66. The summed E-state index contributed by atoms with van der Waals surface area (Å²) in [6, 6.07) is 7.91. The first-order chi connectivity index (χ1) is 10.2. The van der Waals surface area contributed by atoms with E-state index in [1.54, 1.807) is 0 Å². The maximum absolute atomic E-state index is 5.80. The second kappa shape index (κ2) is 7.72. The average Bonchev–Trinajstić information content (AvgIpc) is 3.14. The minimum absolute atomic E-state index is 0. The van der Waals surface area contributed by atoms with Crippen LogP contribution in [0.5, 0.6) is 0 Å². The molecule has 1 saturated heterocycles. The standard InChI is InChI=1S/C16H21N3O2.ClH/c1-11-2-7-14(20-11)8-9-15-18-16(19-21-15)13-5-3-12(10-17)4-6-13;/h3-6,11,14H,2,7-10,17H2,1H3;1H. The van der Waals surface area contributed by atoms with Crippen molar-refractivity contribution in [1.82, 2.24) is 10.1 Å². The van der Waals surface area contributed by atoms with E-state index in [2.05, 4.69) is 17.1 Å². The summed E-state index contributed by atoms with van der Waals surface area (Å²) in [6.07, 6.45) is 4.70. The molecule has 1 aliphatic heterocycles. The van der Waals surface area contributed by atoms with Crippen LogP contribution in [-0.2, 0) is 17.7 Å². The number of benzene rings is 1. The van der Waals surface area contributed by atoms with E-state index in [9.17, 15) is 0 Å². The van der Waals surface area contributed by atoms with E-state index in [1.807, 2.05) is 24.3 Å². The minimum Gasteiger partial charge on any atom is -0.375 e. The van der Waals surface area contributed by atoms with Gasteiger partial charge in [0.05, 0.1) is 12.2 Å². The smallest absolute Gasteiger partial charge is 0.227 e. The van der Waals surface area contributed by atoms with Crippen LogP contribution < -0.4 is 5.73 Å². The number of aromatic nitrogens is 2. The molecule has 0 aliphatic carbocycles. The Kier molecular flexibility index (Phi) is 5.94. The van der Waals surface area contributed by atoms with Crippen LogP contribution in [0.4, 0.5) is 0 Å². The van der Waals surface area contributed by atoms with E-state index < -0.39 is 0 Å². The lowest BCUT2D eigenvalue weighted by molar-refractivity contribution is 0.0500. The molecule has 0 radical (unpaired) electrons. The molecule has 0 saturated carbocycles. The van der Waals surface area contributed by atoms with Gasteiger partial charge in [-0.05, 0) is 31.7 Å². The highest BCUT2D eigenvalue weighted by Gasteiger charge is 2.22. The molecule has 1 aliphatic rings. The van der Waals surface area contributed by atoms with Gasteiger partial charge in [0.25, 0.3) is 0 Å². The molecule has 2 atom stereocenters. The molecular formula is C16H22ClN3O2. The fourth-order valence-corrected chi connectivity index (χ4v) is 2.65. The molecule has 0 amide bonds. The zero-order chi connectivity index (χ0) is 14.7. The van der Waals surface area contributed by atoms with Crippen LogP contribution in [0.25, 0.3) is 11.4 Å². The maximum Gasteiger partial charge on any atom is 0.227 e. The van der Waals surface area contributed by atoms with Gasteiger partial charge in [-0.1, -0.05) is 29.4 Å². The van der Waals surface area contributed by atoms with Gasteiger partial charge in [0.2, 0.25) is 11.7 Å². The van der Waals surface area contributed by atoms with Crippen molar-refractivity contribution in [2.24, 2.45) is 5.73 Å². The maximum atomic E-state index is 5.80. The first-order valence-corrected chi connectivity index (χ1v) is 7.52. The summed E-state index contributed by atoms with van der Waals surface area (Å²) in [7, 11) is 0. The number of hydrogen-bond donors (Lipinski definition) is 1. The molecular weight excluding hydrogens is 302 g/mol. The van der Waals surface area contributed by atoms with Crippen LogP contribution in [0.1, 0.15) is 37.6 Å². The van der Waals surface area contributed by atoms with Crippen molar-refractivity contribution in [3.8, 4) is 11.4 Å². The molecule has 2 N–H and O–H groups in total. The Labute approximate surface area is 136 Å². The summed E-state index contributed by atoms with van der Waals surface area (Å²) in [5.41, 5.74) is 7.63. The predicted molar refractivity (Wildman–Crippen MR) is 86.8 cm³/mol. The number of nitrogens with two attached hydrogens (primary N) is 1. The van der Waals surface area contributed by atoms with E-state index >= 15 is 0 Å². The lowest BCUT2D eigenvalue weighted by atomic mass is 10.1. The van der Waals surface area contributed by atoms with Crippen molar-refractivity contribution < 1.29 is 9.26 Å². The fourth-order valence-electron chi connectivity index (χ4n) is 2.65. The van der Waals surface area contributed by atoms with Gasteiger partial charge in [0.1, 0.15) is 0 Å². The van der Waals surface area contributed by atoms with Crippen LogP contribution >= 0.6 is 12.4 Å². The van der Waals surface area contributed by atoms with Gasteiger partial charge in [0.15, 0.2) is 0 Å². The van der Waals surface area contributed by atoms with Crippen molar-refractivity contribution in [1.29, 1.82) is 0 Å². The summed E-state index contributed by atoms with van der Waals surface area (Å²) in [5.74, 6) is 1.31. The normalized spacial score (nSPS) is 20.8. The quantitative estimate of drug-likeness (QED) is 0.915. The van der Waals surface area contributed by atoms with Crippen LogP contribution in [0.2, 0.25) is 0 Å². The zero-order valence-electron chi connectivity index (χ0n) is 12.7. The monoisotopic (exact) mass is 323 g/mol. The van der Waals surface area contributed by atoms with Gasteiger partial charge in [-0.3, -0.25) is 0 Å². The second-order valence-electron chi connectivity index (χ2n) is 5.60. The minimum atomic E-state index is 0. The highest BCUT2D eigenvalue weighted by molar-refractivity contribution is 5.85. The Hall–Kier alpha value is -1.43. The number of rotatable bonds is 5. The van der Waals surface area contributed by atoms with Crippen LogP contribution in [0.3, 0.4) is 0 Å². The highest BCUT2D eigenvalue weighted by atomic mass is 35.5. The van der Waals surface area contributed by atoms with Crippen molar-refractivity contribution in [2.45, 2.75) is 51.4 Å². The summed E-state index contributed by atoms with van der Waals surface area (Å²) in [4.78, 5) is 4.45. The van der Waals surface area contributed by atoms with Crippen molar-refractivity contribution in [3.05, 3.63) is 35.7 Å². The molecule has 5 nitrogen and oxygen atoms in total. The van der Waals surface area contributed by atoms with Crippen molar-refractivity contribution >= 4 is 12.4 Å². The Balaban J connectivity index is 0.00000176. The second-order valence-corrected chi connectivity index (χ2v) is 5.60. The van der Waals surface area contributed by atoms with Gasteiger partial charge in [-0.2, -0.15) is 4.98 Å². The molecule has 120 valence electrons. The predicted octanol–water partition coefficient (Wildman–Crippen LogP) is 3.12. The molecule has 2 aromatic rings. The van der Waals surface area contributed by atoms with Gasteiger partial charge in [0, 0.05) is 18.5 Å². The number of hydrogen-bond acceptors (Lipinski definition) is 5. The van der Waals surface area contributed by atoms with E-state index in [0.29, 0.717) is 30.5 Å². The van der Waals surface area contributed by atoms with Crippen LogP contribution in [0, 0.1) is 0 Å². The van der Waals surface area contributed by atoms with E-state index in [-0.39, 0.29) is 12.4 Å². The topological polar surface area (TPSA) is 74.2 Å². The molecule has 3 rings (SSSR count). The van der Waals surface area contributed by atoms with Gasteiger partial charge >= 0.3 is 0 Å². The third-order valence-electron chi connectivity index (χ3n) is 3.92. The lowest BCUT2D eigenvalue weighted by Crippen LogP contribution is -2.09. The van der Waals surface area contributed by atoms with Crippen molar-refractivity contribution in [2.75, 3.05) is 0 Å². The highest BCUT2D eigenvalue weighted by Crippen LogP contribution is 2.23. The van der Waals surface area contributed by atoms with E-state index in [0.717, 1.165) is 36.8 Å². The first kappa shape index (κ1) is 16.9. The van der Waals surface area contributed by atoms with Gasteiger partial charge < -0.3 is 15.0 Å².